The molecule has 0 saturated heterocycles. The van der Waals surface area contributed by atoms with E-state index in [2.05, 4.69) is 70.3 Å². The second-order valence-electron chi connectivity index (χ2n) is 6.77. The molecule has 30 heavy (non-hydrogen) atoms. The van der Waals surface area contributed by atoms with Crippen molar-refractivity contribution >= 4 is 23.1 Å². The van der Waals surface area contributed by atoms with Crippen molar-refractivity contribution in [2.45, 2.75) is 25.9 Å². The van der Waals surface area contributed by atoms with E-state index in [-0.39, 0.29) is 90.1 Å². The Kier molecular flexibility index (Phi) is 9.96. The molecule has 0 aromatic carbocycles. The van der Waals surface area contributed by atoms with Crippen LogP contribution < -0.4 is 37.2 Å². The summed E-state index contributed by atoms with van der Waals surface area (Å²) in [5.41, 5.74) is 5.83. The first-order chi connectivity index (χ1) is 12.7. The average molecular weight is 590 g/mol. The minimum Gasteiger partial charge on any atom is -1.00 e. The molecule has 5 nitrogen and oxygen atoms in total. The molecule has 1 aromatic heterocycles. The SMILES string of the molecule is CC1=CC2=NC(c3cccc(C4=NC5C=CC(C)=CC5=N4)n3)=NC2C=C1.[Cl-].[Cl-].[Cl-].[Nd+3]. The topological polar surface area (TPSA) is 62.3 Å². The van der Waals surface area contributed by atoms with E-state index in [4.69, 9.17) is 4.98 Å². The van der Waals surface area contributed by atoms with Crippen molar-refractivity contribution in [1.82, 2.24) is 4.98 Å². The van der Waals surface area contributed by atoms with Crippen LogP contribution in [0.25, 0.3) is 0 Å². The largest absolute Gasteiger partial charge is 3.00 e. The van der Waals surface area contributed by atoms with E-state index >= 15 is 0 Å². The minimum atomic E-state index is 0. The smallest absolute Gasteiger partial charge is 1.00 e. The van der Waals surface area contributed by atoms with Crippen LogP contribution in [0.2, 0.25) is 0 Å². The van der Waals surface area contributed by atoms with Gasteiger partial charge in [0.05, 0.1) is 11.4 Å². The number of hydrogen-bond acceptors (Lipinski definition) is 5. The van der Waals surface area contributed by atoms with Crippen LogP contribution in [-0.4, -0.2) is 40.2 Å². The molecule has 0 N–H and O–H groups in total. The maximum atomic E-state index is 4.73. The van der Waals surface area contributed by atoms with Gasteiger partial charge in [-0.05, 0) is 49.3 Å². The van der Waals surface area contributed by atoms with Crippen LogP contribution in [0.1, 0.15) is 25.2 Å². The molecule has 1 radical (unpaired) electrons. The molecule has 0 saturated carbocycles. The van der Waals surface area contributed by atoms with Gasteiger partial charge in [-0.2, -0.15) is 0 Å². The fraction of sp³-hybridized carbons (Fsp3) is 0.190. The Hall–Kier alpha value is -0.989. The zero-order valence-corrected chi connectivity index (χ0v) is 21.7. The number of allylic oxidation sites excluding steroid dienone is 4. The predicted molar refractivity (Wildman–Crippen MR) is 106 cm³/mol. The van der Waals surface area contributed by atoms with E-state index in [0.29, 0.717) is 11.7 Å². The number of pyridine rings is 1. The molecule has 3 heterocycles. The van der Waals surface area contributed by atoms with Crippen molar-refractivity contribution in [3.63, 3.8) is 0 Å². The van der Waals surface area contributed by atoms with Gasteiger partial charge < -0.3 is 37.2 Å². The second kappa shape index (κ2) is 11.0. The average Bonchev–Trinajstić information content (AvgIpc) is 3.25. The number of nitrogens with zero attached hydrogens (tertiary/aromatic N) is 5. The Morgan fingerprint density at radius 1 is 0.700 bits per heavy atom. The fourth-order valence-corrected chi connectivity index (χ4v) is 3.33. The molecule has 0 spiro atoms. The molecule has 5 rings (SSSR count). The molecular weight excluding hydrogens is 573 g/mol. The van der Waals surface area contributed by atoms with Crippen LogP contribution in [0.3, 0.4) is 0 Å². The summed E-state index contributed by atoms with van der Waals surface area (Å²) >= 11 is 0. The van der Waals surface area contributed by atoms with E-state index in [1.807, 2.05) is 18.2 Å². The third-order valence-corrected chi connectivity index (χ3v) is 4.64. The van der Waals surface area contributed by atoms with Crippen molar-refractivity contribution in [3.05, 3.63) is 77.2 Å². The first kappa shape index (κ1) is 27.0. The summed E-state index contributed by atoms with van der Waals surface area (Å²) < 4.78 is 0. The summed E-state index contributed by atoms with van der Waals surface area (Å²) in [6.45, 7) is 4.13. The summed E-state index contributed by atoms with van der Waals surface area (Å²) in [7, 11) is 0. The maximum Gasteiger partial charge on any atom is 3.00 e. The van der Waals surface area contributed by atoms with Crippen molar-refractivity contribution in [3.8, 4) is 0 Å². The zero-order chi connectivity index (χ0) is 17.7. The third kappa shape index (κ3) is 5.25. The Morgan fingerprint density at radius 2 is 1.13 bits per heavy atom. The summed E-state index contributed by atoms with van der Waals surface area (Å²) in [5, 5.41) is 0. The molecule has 2 aliphatic heterocycles. The summed E-state index contributed by atoms with van der Waals surface area (Å²) in [5.74, 6) is 1.34. The Bertz CT molecular complexity index is 999. The monoisotopic (exact) mass is 586 g/mol. The number of fused-ring (bicyclic) bond motifs is 2. The normalized spacial score (nSPS) is 22.2. The molecule has 2 unspecified atom stereocenters. The van der Waals surface area contributed by atoms with Crippen LogP contribution in [0.4, 0.5) is 0 Å². The molecule has 151 valence electrons. The second-order valence-corrected chi connectivity index (χ2v) is 6.77. The molecular formula is C21H17Cl3N5Nd. The third-order valence-electron chi connectivity index (χ3n) is 4.64. The first-order valence-electron chi connectivity index (χ1n) is 8.69. The van der Waals surface area contributed by atoms with Crippen LogP contribution in [0.15, 0.2) is 85.8 Å². The van der Waals surface area contributed by atoms with Crippen LogP contribution in [0, 0.1) is 40.8 Å². The van der Waals surface area contributed by atoms with Crippen LogP contribution in [0.5, 0.6) is 0 Å². The molecule has 4 aliphatic rings. The van der Waals surface area contributed by atoms with Crippen LogP contribution in [-0.2, 0) is 0 Å². The van der Waals surface area contributed by atoms with E-state index in [0.717, 1.165) is 22.8 Å². The standard InChI is InChI=1S/C21H17N5.3ClH.Nd/c1-12-6-8-14-18(10-12)25-20(23-14)16-4-3-5-17(22-16)21-24-15-9-7-13(2)11-19(15)26-21;;;;/h3-11,14-15H,1-2H3;3*1H;/q;;;;+3/p-3. The maximum absolute atomic E-state index is 4.73. The Labute approximate surface area is 227 Å². The number of amidine groups is 2. The molecule has 9 heteroatoms. The fourth-order valence-electron chi connectivity index (χ4n) is 3.33. The van der Waals surface area contributed by atoms with E-state index in [1.165, 1.54) is 11.1 Å². The number of rotatable bonds is 2. The van der Waals surface area contributed by atoms with Gasteiger partial charge in [-0.15, -0.1) is 0 Å². The van der Waals surface area contributed by atoms with Gasteiger partial charge in [-0.3, -0.25) is 9.98 Å². The Balaban J connectivity index is 0.00000112. The van der Waals surface area contributed by atoms with Crippen molar-refractivity contribution < 1.29 is 78.1 Å². The van der Waals surface area contributed by atoms with Gasteiger partial charge in [0.15, 0.2) is 11.7 Å². The molecule has 0 amide bonds. The number of aromatic nitrogens is 1. The number of hydrogen-bond donors (Lipinski definition) is 0. The predicted octanol–water partition coefficient (Wildman–Crippen LogP) is -5.73. The van der Waals surface area contributed by atoms with Gasteiger partial charge in [0.1, 0.15) is 23.5 Å². The van der Waals surface area contributed by atoms with Gasteiger partial charge in [0.25, 0.3) is 0 Å². The van der Waals surface area contributed by atoms with E-state index in [1.54, 1.807) is 0 Å². The first-order valence-corrected chi connectivity index (χ1v) is 8.69. The molecule has 2 aliphatic carbocycles. The van der Waals surface area contributed by atoms with Crippen LogP contribution >= 0.6 is 0 Å². The van der Waals surface area contributed by atoms with Crippen molar-refractivity contribution in [2.75, 3.05) is 0 Å². The molecule has 0 bridgehead atoms. The van der Waals surface area contributed by atoms with Gasteiger partial charge in [-0.25, -0.2) is 15.0 Å². The number of aliphatic imine (C=N–C) groups is 4. The molecule has 1 aromatic rings. The van der Waals surface area contributed by atoms with Gasteiger partial charge in [0, 0.05) is 0 Å². The summed E-state index contributed by atoms with van der Waals surface area (Å²) in [4.78, 5) is 23.4. The van der Waals surface area contributed by atoms with Gasteiger partial charge in [0.2, 0.25) is 0 Å². The van der Waals surface area contributed by atoms with Gasteiger partial charge in [-0.1, -0.05) is 30.4 Å². The zero-order valence-electron chi connectivity index (χ0n) is 16.2. The minimum absolute atomic E-state index is 0. The number of halogens is 3. The quantitative estimate of drug-likeness (QED) is 0.339. The summed E-state index contributed by atoms with van der Waals surface area (Å²) in [6.07, 6.45) is 12.4. The Morgan fingerprint density at radius 3 is 1.57 bits per heavy atom. The van der Waals surface area contributed by atoms with Gasteiger partial charge >= 0.3 is 40.8 Å². The van der Waals surface area contributed by atoms with Crippen molar-refractivity contribution in [1.29, 1.82) is 0 Å². The van der Waals surface area contributed by atoms with E-state index < -0.39 is 0 Å². The molecule has 0 fully saturated rings. The van der Waals surface area contributed by atoms with Crippen molar-refractivity contribution in [2.24, 2.45) is 20.0 Å². The summed E-state index contributed by atoms with van der Waals surface area (Å²) in [6, 6.07) is 5.84. The molecule has 2 atom stereocenters. The van der Waals surface area contributed by atoms with E-state index in [9.17, 15) is 0 Å².